The predicted octanol–water partition coefficient (Wildman–Crippen LogP) is 4.31. The fourth-order valence-electron chi connectivity index (χ4n) is 2.94. The van der Waals surface area contributed by atoms with Gasteiger partial charge >= 0.3 is 0 Å². The Balaban J connectivity index is 1.68. The summed E-state index contributed by atoms with van der Waals surface area (Å²) < 4.78 is 3.99. The highest BCUT2D eigenvalue weighted by Gasteiger charge is 2.13. The van der Waals surface area contributed by atoms with E-state index < -0.39 is 6.10 Å². The van der Waals surface area contributed by atoms with E-state index in [-0.39, 0.29) is 12.1 Å². The van der Waals surface area contributed by atoms with Crippen LogP contribution in [-0.4, -0.2) is 19.3 Å². The predicted molar refractivity (Wildman–Crippen MR) is 109 cm³/mol. The van der Waals surface area contributed by atoms with E-state index in [4.69, 9.17) is 11.6 Å². The number of rotatable bonds is 4. The van der Waals surface area contributed by atoms with Crippen molar-refractivity contribution in [1.82, 2.24) is 14.2 Å². The van der Waals surface area contributed by atoms with Gasteiger partial charge in [-0.15, -0.1) is 0 Å². The van der Waals surface area contributed by atoms with Crippen LogP contribution in [0, 0.1) is 0 Å². The van der Waals surface area contributed by atoms with Gasteiger partial charge in [0, 0.05) is 27.5 Å². The van der Waals surface area contributed by atoms with Gasteiger partial charge in [-0.05, 0) is 35.9 Å². The lowest BCUT2D eigenvalue weighted by atomic mass is 10.1. The Bertz CT molecular complexity index is 1170. The molecule has 0 bridgehead atoms. The van der Waals surface area contributed by atoms with Crippen LogP contribution in [0.4, 0.5) is 0 Å². The number of aliphatic hydroxyl groups excluding tert-OH is 1. The average Bonchev–Trinajstić information content (AvgIpc) is 3.10. The molecule has 0 aliphatic heterocycles. The number of fused-ring (bicyclic) bond motifs is 1. The van der Waals surface area contributed by atoms with Gasteiger partial charge in [0.2, 0.25) is 0 Å². The molecule has 2 aromatic carbocycles. The molecule has 0 aliphatic rings. The monoisotopic (exact) mass is 443 g/mol. The zero-order chi connectivity index (χ0) is 19.0. The van der Waals surface area contributed by atoms with Crippen molar-refractivity contribution in [2.45, 2.75) is 12.6 Å². The summed E-state index contributed by atoms with van der Waals surface area (Å²) in [4.78, 5) is 12.8. The molecule has 0 fully saturated rings. The summed E-state index contributed by atoms with van der Waals surface area (Å²) >= 11 is 9.33. The van der Waals surface area contributed by atoms with E-state index in [0.29, 0.717) is 21.8 Å². The topological polar surface area (TPSA) is 59.5 Å². The Morgan fingerprint density at radius 2 is 1.89 bits per heavy atom. The number of hydrogen-bond acceptors (Lipinski definition) is 3. The molecule has 0 unspecified atom stereocenters. The minimum Gasteiger partial charge on any atom is -0.387 e. The van der Waals surface area contributed by atoms with Crippen LogP contribution in [0.3, 0.4) is 0 Å². The van der Waals surface area contributed by atoms with E-state index in [1.54, 1.807) is 47.2 Å². The molecule has 0 saturated heterocycles. The Morgan fingerprint density at radius 3 is 2.63 bits per heavy atom. The number of benzene rings is 2. The molecule has 4 aromatic rings. The Hall–Kier alpha value is -2.41. The van der Waals surface area contributed by atoms with E-state index in [0.717, 1.165) is 10.0 Å². The SMILES string of the molecule is O=c1c2cc(-c3cccc(Br)c3)nn2ccn1C[C@H](O)c1ccc(Cl)cc1. The largest absolute Gasteiger partial charge is 0.387 e. The molecule has 0 saturated carbocycles. The van der Waals surface area contributed by atoms with Crippen LogP contribution < -0.4 is 5.56 Å². The molecule has 5 nitrogen and oxygen atoms in total. The van der Waals surface area contributed by atoms with Crippen LogP contribution in [0.5, 0.6) is 0 Å². The molecular weight excluding hydrogens is 430 g/mol. The lowest BCUT2D eigenvalue weighted by Gasteiger charge is -2.13. The van der Waals surface area contributed by atoms with E-state index in [1.807, 2.05) is 24.3 Å². The van der Waals surface area contributed by atoms with Gasteiger partial charge in [0.15, 0.2) is 0 Å². The van der Waals surface area contributed by atoms with Crippen molar-refractivity contribution in [3.63, 3.8) is 0 Å². The van der Waals surface area contributed by atoms with Crippen molar-refractivity contribution < 1.29 is 5.11 Å². The first-order chi connectivity index (χ1) is 13.0. The average molecular weight is 445 g/mol. The highest BCUT2D eigenvalue weighted by molar-refractivity contribution is 9.10. The van der Waals surface area contributed by atoms with Gasteiger partial charge < -0.3 is 9.67 Å². The molecule has 2 aromatic heterocycles. The van der Waals surface area contributed by atoms with Crippen molar-refractivity contribution in [2.75, 3.05) is 0 Å². The molecule has 2 heterocycles. The van der Waals surface area contributed by atoms with Gasteiger partial charge in [0.25, 0.3) is 5.56 Å². The number of aromatic nitrogens is 3. The second-order valence-corrected chi connectivity index (χ2v) is 7.54. The maximum atomic E-state index is 12.8. The third kappa shape index (κ3) is 3.69. The number of halogens is 2. The number of hydrogen-bond donors (Lipinski definition) is 1. The highest BCUT2D eigenvalue weighted by atomic mass is 79.9. The Labute approximate surface area is 168 Å². The van der Waals surface area contributed by atoms with Crippen molar-refractivity contribution in [3.8, 4) is 11.3 Å². The molecule has 0 radical (unpaired) electrons. The molecular formula is C20H15BrClN3O2. The van der Waals surface area contributed by atoms with Gasteiger partial charge in [0.05, 0.1) is 18.3 Å². The Morgan fingerprint density at radius 1 is 1.11 bits per heavy atom. The first-order valence-corrected chi connectivity index (χ1v) is 9.47. The number of aliphatic hydroxyl groups is 1. The second-order valence-electron chi connectivity index (χ2n) is 6.19. The van der Waals surface area contributed by atoms with Crippen LogP contribution in [0.1, 0.15) is 11.7 Å². The third-order valence-electron chi connectivity index (χ3n) is 4.35. The summed E-state index contributed by atoms with van der Waals surface area (Å²) in [5.41, 5.74) is 2.58. The van der Waals surface area contributed by atoms with Gasteiger partial charge in [-0.25, -0.2) is 4.52 Å². The maximum absolute atomic E-state index is 12.8. The lowest BCUT2D eigenvalue weighted by Crippen LogP contribution is -2.24. The molecule has 7 heteroatoms. The van der Waals surface area contributed by atoms with Crippen molar-refractivity contribution in [3.05, 3.63) is 92.4 Å². The summed E-state index contributed by atoms with van der Waals surface area (Å²) in [5, 5.41) is 15.5. The Kier molecular flexibility index (Phi) is 4.86. The maximum Gasteiger partial charge on any atom is 0.276 e. The van der Waals surface area contributed by atoms with Gasteiger partial charge in [-0.2, -0.15) is 5.10 Å². The first-order valence-electron chi connectivity index (χ1n) is 8.29. The van der Waals surface area contributed by atoms with Crippen LogP contribution >= 0.6 is 27.5 Å². The van der Waals surface area contributed by atoms with Crippen LogP contribution in [0.2, 0.25) is 5.02 Å². The highest BCUT2D eigenvalue weighted by Crippen LogP contribution is 2.22. The zero-order valence-electron chi connectivity index (χ0n) is 14.1. The molecule has 136 valence electrons. The van der Waals surface area contributed by atoms with Gasteiger partial charge in [-0.1, -0.05) is 51.8 Å². The van der Waals surface area contributed by atoms with E-state index in [1.165, 1.54) is 4.57 Å². The molecule has 0 amide bonds. The third-order valence-corrected chi connectivity index (χ3v) is 5.09. The van der Waals surface area contributed by atoms with Crippen molar-refractivity contribution in [1.29, 1.82) is 0 Å². The molecule has 4 rings (SSSR count). The van der Waals surface area contributed by atoms with E-state index in [9.17, 15) is 9.90 Å². The van der Waals surface area contributed by atoms with Gasteiger partial charge in [-0.3, -0.25) is 4.79 Å². The summed E-state index contributed by atoms with van der Waals surface area (Å²) in [5.74, 6) is 0. The summed E-state index contributed by atoms with van der Waals surface area (Å²) in [6.07, 6.45) is 2.54. The van der Waals surface area contributed by atoms with Crippen molar-refractivity contribution in [2.24, 2.45) is 0 Å². The normalized spacial score (nSPS) is 12.4. The molecule has 1 N–H and O–H groups in total. The molecule has 1 atom stereocenters. The zero-order valence-corrected chi connectivity index (χ0v) is 16.4. The fourth-order valence-corrected chi connectivity index (χ4v) is 3.46. The lowest BCUT2D eigenvalue weighted by molar-refractivity contribution is 0.155. The molecule has 0 spiro atoms. The van der Waals surface area contributed by atoms with Crippen LogP contribution in [0.15, 0.2) is 76.3 Å². The summed E-state index contributed by atoms with van der Waals surface area (Å²) in [6, 6.07) is 16.4. The summed E-state index contributed by atoms with van der Waals surface area (Å²) in [7, 11) is 0. The first kappa shape index (κ1) is 18.0. The van der Waals surface area contributed by atoms with E-state index in [2.05, 4.69) is 21.0 Å². The smallest absolute Gasteiger partial charge is 0.276 e. The van der Waals surface area contributed by atoms with Crippen LogP contribution in [-0.2, 0) is 6.54 Å². The quantitative estimate of drug-likeness (QED) is 0.510. The molecule has 27 heavy (non-hydrogen) atoms. The van der Waals surface area contributed by atoms with Crippen LogP contribution in [0.25, 0.3) is 16.8 Å². The second kappa shape index (κ2) is 7.31. The summed E-state index contributed by atoms with van der Waals surface area (Å²) in [6.45, 7) is 0.147. The standard InChI is InChI=1S/C20H15BrClN3O2/c21-15-3-1-2-14(10-15)17-11-18-20(27)24(8-9-25(18)23-17)12-19(26)13-4-6-16(22)7-5-13/h1-11,19,26H,12H2/t19-/m0/s1. The minimum atomic E-state index is -0.810. The minimum absolute atomic E-state index is 0.147. The van der Waals surface area contributed by atoms with E-state index >= 15 is 0 Å². The fraction of sp³-hybridized carbons (Fsp3) is 0.100. The number of nitrogens with zero attached hydrogens (tertiary/aromatic N) is 3. The van der Waals surface area contributed by atoms with Gasteiger partial charge in [0.1, 0.15) is 5.52 Å². The van der Waals surface area contributed by atoms with Crippen molar-refractivity contribution >= 4 is 33.0 Å². The molecule has 0 aliphatic carbocycles.